The Morgan fingerprint density at radius 2 is 2.00 bits per heavy atom. The number of carbonyl (C=O) groups excluding carboxylic acids is 2. The van der Waals surface area contributed by atoms with Gasteiger partial charge < -0.3 is 19.5 Å². The Morgan fingerprint density at radius 1 is 1.26 bits per heavy atom. The van der Waals surface area contributed by atoms with E-state index in [1.54, 1.807) is 17.9 Å². The first-order valence-corrected chi connectivity index (χ1v) is 9.15. The van der Waals surface area contributed by atoms with E-state index in [0.717, 1.165) is 16.9 Å². The van der Waals surface area contributed by atoms with E-state index in [-0.39, 0.29) is 30.2 Å². The number of hydrogen-bond acceptors (Lipinski definition) is 5. The van der Waals surface area contributed by atoms with Crippen molar-refractivity contribution in [1.29, 1.82) is 0 Å². The van der Waals surface area contributed by atoms with Crippen LogP contribution >= 0.6 is 0 Å². The fraction of sp³-hybridized carbons (Fsp3) is 0.450. The molecular formula is C20H25N3O4. The van der Waals surface area contributed by atoms with Gasteiger partial charge in [-0.3, -0.25) is 9.59 Å². The van der Waals surface area contributed by atoms with Gasteiger partial charge in [0.05, 0.1) is 0 Å². The summed E-state index contributed by atoms with van der Waals surface area (Å²) in [5.74, 6) is 1.07. The van der Waals surface area contributed by atoms with Crippen LogP contribution in [0.25, 0.3) is 0 Å². The summed E-state index contributed by atoms with van der Waals surface area (Å²) in [5, 5.41) is 6.67. The lowest BCUT2D eigenvalue weighted by Crippen LogP contribution is -2.47. The second-order valence-corrected chi connectivity index (χ2v) is 6.94. The smallest absolute Gasteiger partial charge is 0.273 e. The number of rotatable bonds is 5. The zero-order chi connectivity index (χ0) is 19.4. The first-order valence-electron chi connectivity index (χ1n) is 9.15. The van der Waals surface area contributed by atoms with Crippen LogP contribution in [-0.2, 0) is 4.79 Å². The minimum atomic E-state index is -0.241. The van der Waals surface area contributed by atoms with Crippen LogP contribution < -0.4 is 10.1 Å². The molecule has 0 unspecified atom stereocenters. The maximum atomic E-state index is 12.4. The molecule has 1 aromatic heterocycles. The number of benzene rings is 1. The number of piperidine rings is 1. The predicted octanol–water partition coefficient (Wildman–Crippen LogP) is 2.40. The van der Waals surface area contributed by atoms with E-state index in [1.807, 2.05) is 32.0 Å². The summed E-state index contributed by atoms with van der Waals surface area (Å²) in [6.45, 7) is 6.96. The molecule has 7 heteroatoms. The number of amides is 2. The van der Waals surface area contributed by atoms with Crippen molar-refractivity contribution in [2.24, 2.45) is 0 Å². The Hall–Kier alpha value is -2.83. The molecule has 1 aliphatic heterocycles. The summed E-state index contributed by atoms with van der Waals surface area (Å²) < 4.78 is 10.6. The van der Waals surface area contributed by atoms with E-state index in [2.05, 4.69) is 10.5 Å². The normalized spacial score (nSPS) is 14.9. The molecule has 1 fully saturated rings. The Bertz CT molecular complexity index is 822. The quantitative estimate of drug-likeness (QED) is 0.872. The van der Waals surface area contributed by atoms with Crippen molar-refractivity contribution in [1.82, 2.24) is 15.4 Å². The average molecular weight is 371 g/mol. The molecule has 0 aliphatic carbocycles. The van der Waals surface area contributed by atoms with Crippen LogP contribution in [0.4, 0.5) is 0 Å². The van der Waals surface area contributed by atoms with E-state index in [4.69, 9.17) is 9.26 Å². The zero-order valence-electron chi connectivity index (χ0n) is 15.9. The van der Waals surface area contributed by atoms with Crippen molar-refractivity contribution in [3.63, 3.8) is 0 Å². The highest BCUT2D eigenvalue weighted by Crippen LogP contribution is 2.21. The third-order valence-electron chi connectivity index (χ3n) is 4.95. The standard InChI is InChI=1S/C20H25N3O4/c1-13-5-4-6-18(15(13)3)26-12-19(24)23-9-7-16(8-10-23)21-20(25)17-11-14(2)27-22-17/h4-6,11,16H,7-10,12H2,1-3H3,(H,21,25). The molecule has 1 aliphatic rings. The molecule has 7 nitrogen and oxygen atoms in total. The molecule has 1 saturated heterocycles. The van der Waals surface area contributed by atoms with Crippen LogP contribution in [0.1, 0.15) is 40.2 Å². The first-order chi connectivity index (χ1) is 12.9. The van der Waals surface area contributed by atoms with Gasteiger partial charge in [0, 0.05) is 25.2 Å². The zero-order valence-corrected chi connectivity index (χ0v) is 15.9. The van der Waals surface area contributed by atoms with Crippen LogP contribution in [0.3, 0.4) is 0 Å². The Balaban J connectivity index is 1.45. The molecule has 2 heterocycles. The van der Waals surface area contributed by atoms with E-state index in [0.29, 0.717) is 31.7 Å². The molecule has 0 spiro atoms. The first kappa shape index (κ1) is 18.9. The average Bonchev–Trinajstić information content (AvgIpc) is 3.10. The van der Waals surface area contributed by atoms with Gasteiger partial charge in [-0.05, 0) is 50.8 Å². The van der Waals surface area contributed by atoms with E-state index >= 15 is 0 Å². The van der Waals surface area contributed by atoms with Gasteiger partial charge in [-0.1, -0.05) is 17.3 Å². The number of ether oxygens (including phenoxy) is 1. The third kappa shape index (κ3) is 4.67. The van der Waals surface area contributed by atoms with Gasteiger partial charge in [-0.25, -0.2) is 0 Å². The van der Waals surface area contributed by atoms with Gasteiger partial charge in [0.25, 0.3) is 11.8 Å². The third-order valence-corrected chi connectivity index (χ3v) is 4.95. The lowest BCUT2D eigenvalue weighted by molar-refractivity contribution is -0.134. The summed E-state index contributed by atoms with van der Waals surface area (Å²) in [6.07, 6.45) is 1.41. The summed E-state index contributed by atoms with van der Waals surface area (Å²) in [6, 6.07) is 7.45. The van der Waals surface area contributed by atoms with E-state index in [9.17, 15) is 9.59 Å². The fourth-order valence-electron chi connectivity index (χ4n) is 3.12. The highest BCUT2D eigenvalue weighted by atomic mass is 16.5. The number of aryl methyl sites for hydroxylation is 2. The molecule has 2 amide bonds. The molecule has 0 bridgehead atoms. The van der Waals surface area contributed by atoms with Gasteiger partial charge in [0.1, 0.15) is 11.5 Å². The van der Waals surface area contributed by atoms with Gasteiger partial charge in [0.2, 0.25) is 0 Å². The number of aromatic nitrogens is 1. The Morgan fingerprint density at radius 3 is 2.67 bits per heavy atom. The topological polar surface area (TPSA) is 84.7 Å². The van der Waals surface area contributed by atoms with Crippen molar-refractivity contribution < 1.29 is 18.8 Å². The Labute approximate surface area is 158 Å². The van der Waals surface area contributed by atoms with Crippen molar-refractivity contribution in [2.45, 2.75) is 39.7 Å². The number of hydrogen-bond donors (Lipinski definition) is 1. The van der Waals surface area contributed by atoms with Gasteiger partial charge in [-0.2, -0.15) is 0 Å². The van der Waals surface area contributed by atoms with Crippen molar-refractivity contribution >= 4 is 11.8 Å². The molecule has 1 aromatic carbocycles. The number of carbonyl (C=O) groups is 2. The van der Waals surface area contributed by atoms with Crippen molar-refractivity contribution in [3.05, 3.63) is 46.8 Å². The van der Waals surface area contributed by atoms with E-state index in [1.165, 1.54) is 0 Å². The fourth-order valence-corrected chi connectivity index (χ4v) is 3.12. The van der Waals surface area contributed by atoms with Crippen LogP contribution in [-0.4, -0.2) is 47.6 Å². The van der Waals surface area contributed by atoms with Gasteiger partial charge in [-0.15, -0.1) is 0 Å². The number of nitrogens with one attached hydrogen (secondary N) is 1. The molecular weight excluding hydrogens is 346 g/mol. The van der Waals surface area contributed by atoms with Gasteiger partial charge in [0.15, 0.2) is 12.3 Å². The van der Waals surface area contributed by atoms with Crippen molar-refractivity contribution in [3.8, 4) is 5.75 Å². The minimum absolute atomic E-state index is 0.0264. The molecule has 0 saturated carbocycles. The minimum Gasteiger partial charge on any atom is -0.483 e. The largest absolute Gasteiger partial charge is 0.483 e. The molecule has 0 radical (unpaired) electrons. The van der Waals surface area contributed by atoms with Crippen LogP contribution in [0.15, 0.2) is 28.8 Å². The SMILES string of the molecule is Cc1cc(C(=O)NC2CCN(C(=O)COc3cccc(C)c3C)CC2)no1. The van der Waals surface area contributed by atoms with Gasteiger partial charge >= 0.3 is 0 Å². The summed E-state index contributed by atoms with van der Waals surface area (Å²) >= 11 is 0. The maximum absolute atomic E-state index is 12.4. The number of nitrogens with zero attached hydrogens (tertiary/aromatic N) is 2. The summed E-state index contributed by atoms with van der Waals surface area (Å²) in [4.78, 5) is 26.3. The highest BCUT2D eigenvalue weighted by molar-refractivity contribution is 5.92. The lowest BCUT2D eigenvalue weighted by Gasteiger charge is -2.32. The second-order valence-electron chi connectivity index (χ2n) is 6.94. The van der Waals surface area contributed by atoms with Crippen molar-refractivity contribution in [2.75, 3.05) is 19.7 Å². The molecule has 144 valence electrons. The predicted molar refractivity (Wildman–Crippen MR) is 99.7 cm³/mol. The van der Waals surface area contributed by atoms with Crippen LogP contribution in [0.5, 0.6) is 5.75 Å². The monoisotopic (exact) mass is 371 g/mol. The second kappa shape index (κ2) is 8.24. The molecule has 27 heavy (non-hydrogen) atoms. The molecule has 0 atom stereocenters. The highest BCUT2D eigenvalue weighted by Gasteiger charge is 2.25. The number of likely N-dealkylation sites (tertiary alicyclic amines) is 1. The maximum Gasteiger partial charge on any atom is 0.273 e. The summed E-state index contributed by atoms with van der Waals surface area (Å²) in [7, 11) is 0. The van der Waals surface area contributed by atoms with E-state index < -0.39 is 0 Å². The molecule has 1 N–H and O–H groups in total. The Kier molecular flexibility index (Phi) is 5.78. The van der Waals surface area contributed by atoms with Crippen LogP contribution in [0.2, 0.25) is 0 Å². The molecule has 2 aromatic rings. The molecule has 3 rings (SSSR count). The lowest BCUT2D eigenvalue weighted by atomic mass is 10.0. The summed E-state index contributed by atoms with van der Waals surface area (Å²) in [5.41, 5.74) is 2.47. The van der Waals surface area contributed by atoms with Crippen LogP contribution in [0, 0.1) is 20.8 Å².